The third-order valence-corrected chi connectivity index (χ3v) is 15.3. The molecule has 0 atom stereocenters. The van der Waals surface area contributed by atoms with Gasteiger partial charge in [-0.3, -0.25) is 50.2 Å². The number of unbranched alkanes of at least 4 members (excludes halogenated alkanes) is 1. The summed E-state index contributed by atoms with van der Waals surface area (Å²) in [6.07, 6.45) is 21.9. The lowest BCUT2D eigenvalue weighted by molar-refractivity contribution is -0.152. The number of hydrogen-bond donors (Lipinski definition) is 5. The number of esters is 2. The van der Waals surface area contributed by atoms with E-state index < -0.39 is 23.8 Å². The van der Waals surface area contributed by atoms with Crippen LogP contribution in [0.25, 0.3) is 66.8 Å². The van der Waals surface area contributed by atoms with Gasteiger partial charge in [-0.2, -0.15) is 0 Å². The maximum atomic E-state index is 12.3. The van der Waals surface area contributed by atoms with Gasteiger partial charge in [-0.05, 0) is 92.0 Å². The van der Waals surface area contributed by atoms with E-state index in [1.807, 2.05) is 166 Å². The highest BCUT2D eigenvalue weighted by Crippen LogP contribution is 2.33. The molecule has 0 spiro atoms. The number of aromatic nitrogens is 7. The van der Waals surface area contributed by atoms with Crippen LogP contribution in [-0.2, 0) is 38.2 Å². The van der Waals surface area contributed by atoms with Crippen LogP contribution in [0.2, 0.25) is 0 Å². The van der Waals surface area contributed by atoms with Crippen molar-refractivity contribution in [2.75, 3.05) is 46.3 Å². The van der Waals surface area contributed by atoms with E-state index in [4.69, 9.17) is 31.9 Å². The standard InChI is InChI=1S/C16H18N2O2.C14H14N2O4.C13H12N2O4.C13H14N2O2.C13H16N2O.C9H8N2O/c19-15(13-9-5-2-6-10-13)18-16-14(11-17-20-16)12-7-3-1-4-8-12;1-2-19-13(18)8-12(17)16-14-11(9-15-20-14)10-6-4-3-5-7-10;1-2-18-13(17)11(16)15-12-10(8-14-19-12)9-6-4-3-5-7-9;1-2-6-12(16)15-13-11(9-14-17-13)10-7-4-3-5-8-10;1-2-3-9-14-13-12(10-15-16-13)11-7-5-4-6-8-11;1-7-9(6-11-12-7)8-2-4-10-5-3-8/h1,3-4,7-8,11,13H,2,5-6,9-10H2,(H,18,19);3-7,9H,2,8H2,1H3,(H,16,17);3-8H,2H2,1H3,(H,15,16);3-5,7-9H,2,6H2,1H3,(H,15,16);4-8,10,14H,2-3,9H2,1H3;2-6H,1H3. The number of benzene rings is 5. The molecule has 7 heterocycles. The number of anilines is 5. The zero-order valence-electron chi connectivity index (χ0n) is 58.3. The highest BCUT2D eigenvalue weighted by atomic mass is 16.5. The van der Waals surface area contributed by atoms with Crippen molar-refractivity contribution in [1.29, 1.82) is 0 Å². The van der Waals surface area contributed by atoms with Gasteiger partial charge >= 0.3 is 17.8 Å². The lowest BCUT2D eigenvalue weighted by Gasteiger charge is -2.20. The zero-order chi connectivity index (χ0) is 73.5. The van der Waals surface area contributed by atoms with Crippen LogP contribution >= 0.6 is 0 Å². The molecule has 5 aromatic carbocycles. The number of ether oxygens (including phenoxy) is 2. The summed E-state index contributed by atoms with van der Waals surface area (Å²) in [5, 5.41) is 36.1. The van der Waals surface area contributed by atoms with Crippen LogP contribution in [0.15, 0.2) is 241 Å². The monoisotopic (exact) mass is 1410 g/mol. The lowest BCUT2D eigenvalue weighted by atomic mass is 9.88. The Balaban J connectivity index is 0.000000159. The van der Waals surface area contributed by atoms with Gasteiger partial charge in [0.25, 0.3) is 0 Å². The van der Waals surface area contributed by atoms with Crippen LogP contribution in [0, 0.1) is 12.8 Å². The summed E-state index contributed by atoms with van der Waals surface area (Å²) in [5.41, 5.74) is 10.8. The first-order chi connectivity index (χ1) is 50.9. The smallest absolute Gasteiger partial charge is 0.397 e. The molecule has 7 aromatic heterocycles. The predicted octanol–water partition coefficient (Wildman–Crippen LogP) is 16.6. The fourth-order valence-electron chi connectivity index (χ4n) is 10.1. The van der Waals surface area contributed by atoms with Crippen molar-refractivity contribution in [3.8, 4) is 66.8 Å². The van der Waals surface area contributed by atoms with Crippen molar-refractivity contribution < 1.29 is 65.4 Å². The SMILES string of the molecule is CCCC(=O)Nc1oncc1-c1ccccc1.CCCCNc1oncc1-c1ccccc1.CCOC(=O)C(=O)Nc1oncc1-c1ccccc1.CCOC(=O)CC(=O)Nc1oncc1-c1ccccc1.Cc1oncc1-c1ccncc1.O=C(Nc1oncc1-c1ccccc1)C1CCCCC1. The van der Waals surface area contributed by atoms with E-state index in [-0.39, 0.29) is 49.1 Å². The summed E-state index contributed by atoms with van der Waals surface area (Å²) in [7, 11) is 0. The number of rotatable bonds is 21. The second-order valence-corrected chi connectivity index (χ2v) is 22.8. The van der Waals surface area contributed by atoms with Gasteiger partial charge in [0, 0.05) is 36.8 Å². The third-order valence-electron chi connectivity index (χ3n) is 15.3. The summed E-state index contributed by atoms with van der Waals surface area (Å²) in [6, 6.07) is 52.1. The fourth-order valence-corrected chi connectivity index (χ4v) is 10.1. The second-order valence-electron chi connectivity index (χ2n) is 22.8. The Morgan fingerprint density at radius 3 is 1.19 bits per heavy atom. The average Bonchev–Trinajstić information content (AvgIpc) is 1.71. The van der Waals surface area contributed by atoms with E-state index in [2.05, 4.69) is 86.3 Å². The molecule has 5 N–H and O–H groups in total. The number of carbonyl (C=O) groups is 6. The summed E-state index contributed by atoms with van der Waals surface area (Å²) in [5.74, 6) is -0.0357. The van der Waals surface area contributed by atoms with Gasteiger partial charge in [-0.15, -0.1) is 0 Å². The minimum Gasteiger partial charge on any atom is -0.466 e. The molecule has 1 fully saturated rings. The topological polar surface area (TPSA) is 350 Å². The van der Waals surface area contributed by atoms with Crippen molar-refractivity contribution in [3.05, 3.63) is 219 Å². The average molecular weight is 1410 g/mol. The van der Waals surface area contributed by atoms with Crippen LogP contribution in [0.3, 0.4) is 0 Å². The molecule has 104 heavy (non-hydrogen) atoms. The number of amides is 4. The molecule has 1 saturated carbocycles. The number of hydrogen-bond acceptors (Lipinski definition) is 22. The van der Waals surface area contributed by atoms with Crippen molar-refractivity contribution in [2.45, 2.75) is 98.8 Å². The molecule has 26 heteroatoms. The fraction of sp³-hybridized carbons (Fsp3) is 0.244. The highest BCUT2D eigenvalue weighted by molar-refractivity contribution is 6.37. The molecule has 0 saturated heterocycles. The van der Waals surface area contributed by atoms with Gasteiger partial charge in [0.2, 0.25) is 47.1 Å². The molecule has 12 aromatic rings. The molecular formula is C78H82N12O14. The first-order valence-electron chi connectivity index (χ1n) is 34.0. The molecule has 13 rings (SSSR count). The quantitative estimate of drug-likeness (QED) is 0.0193. The number of pyridine rings is 1. The van der Waals surface area contributed by atoms with Gasteiger partial charge in [0.1, 0.15) is 12.2 Å². The maximum absolute atomic E-state index is 12.3. The second kappa shape index (κ2) is 42.3. The van der Waals surface area contributed by atoms with Gasteiger partial charge in [0.15, 0.2) is 0 Å². The van der Waals surface area contributed by atoms with Crippen molar-refractivity contribution in [3.63, 3.8) is 0 Å². The number of nitrogens with zero attached hydrogens (tertiary/aromatic N) is 7. The van der Waals surface area contributed by atoms with Gasteiger partial charge < -0.3 is 41.9 Å². The highest BCUT2D eigenvalue weighted by Gasteiger charge is 2.25. The largest absolute Gasteiger partial charge is 0.466 e. The molecule has 0 aliphatic heterocycles. The van der Waals surface area contributed by atoms with Crippen LogP contribution in [-0.4, -0.2) is 91.2 Å². The molecule has 1 aliphatic rings. The summed E-state index contributed by atoms with van der Waals surface area (Å²) in [4.78, 5) is 73.3. The minimum atomic E-state index is -0.960. The lowest BCUT2D eigenvalue weighted by Crippen LogP contribution is -2.25. The number of aryl methyl sites for hydroxylation is 1. The van der Waals surface area contributed by atoms with Crippen LogP contribution < -0.4 is 26.6 Å². The Morgan fingerprint density at radius 2 is 0.788 bits per heavy atom. The van der Waals surface area contributed by atoms with E-state index in [9.17, 15) is 28.8 Å². The van der Waals surface area contributed by atoms with Crippen molar-refractivity contribution in [1.82, 2.24) is 35.9 Å². The molecule has 0 bridgehead atoms. The van der Waals surface area contributed by atoms with E-state index >= 15 is 0 Å². The molecular weight excluding hydrogens is 1330 g/mol. The summed E-state index contributed by atoms with van der Waals surface area (Å²) < 4.78 is 39.6. The molecule has 0 unspecified atom stereocenters. The molecule has 26 nitrogen and oxygen atoms in total. The molecule has 0 radical (unpaired) electrons. The van der Waals surface area contributed by atoms with Gasteiger partial charge in [-0.25, -0.2) is 4.79 Å². The van der Waals surface area contributed by atoms with E-state index in [0.29, 0.717) is 29.3 Å². The van der Waals surface area contributed by atoms with E-state index in [1.165, 1.54) is 25.2 Å². The molecule has 4 amide bonds. The predicted molar refractivity (Wildman–Crippen MR) is 391 cm³/mol. The number of nitrogens with one attached hydrogen (secondary N) is 5. The Hall–Kier alpha value is -12.9. The van der Waals surface area contributed by atoms with Crippen molar-refractivity contribution >= 4 is 65.0 Å². The molecule has 1 aliphatic carbocycles. The van der Waals surface area contributed by atoms with Crippen molar-refractivity contribution in [2.24, 2.45) is 5.92 Å². The summed E-state index contributed by atoms with van der Waals surface area (Å²) in [6.45, 7) is 10.6. The Bertz CT molecular complexity index is 4500. The van der Waals surface area contributed by atoms with Crippen LogP contribution in [0.1, 0.15) is 97.7 Å². The van der Waals surface area contributed by atoms with E-state index in [0.717, 1.165) is 112 Å². The zero-order valence-corrected chi connectivity index (χ0v) is 58.3. The Labute approximate surface area is 600 Å². The summed E-state index contributed by atoms with van der Waals surface area (Å²) >= 11 is 0. The molecule has 538 valence electrons. The maximum Gasteiger partial charge on any atom is 0.397 e. The first kappa shape index (κ1) is 76.9. The number of carbonyl (C=O) groups excluding carboxylic acids is 6. The van der Waals surface area contributed by atoms with Gasteiger partial charge in [-0.1, -0.05) is 222 Å². The third kappa shape index (κ3) is 24.2. The van der Waals surface area contributed by atoms with Crippen LogP contribution in [0.5, 0.6) is 0 Å². The van der Waals surface area contributed by atoms with Crippen LogP contribution in [0.4, 0.5) is 29.4 Å². The Kier molecular flexibility index (Phi) is 31.3. The normalized spacial score (nSPS) is 11.2. The van der Waals surface area contributed by atoms with Gasteiger partial charge in [0.05, 0.1) is 78.2 Å². The van der Waals surface area contributed by atoms with E-state index in [1.54, 1.807) is 51.0 Å². The minimum absolute atomic E-state index is 0.0542. The Morgan fingerprint density at radius 1 is 0.413 bits per heavy atom. The first-order valence-corrected chi connectivity index (χ1v) is 34.0.